The molecule has 3 heteroatoms. The molecule has 0 fully saturated rings. The van der Waals surface area contributed by atoms with Crippen molar-refractivity contribution in [3.63, 3.8) is 0 Å². The van der Waals surface area contributed by atoms with Gasteiger partial charge in [0.15, 0.2) is 0 Å². The second kappa shape index (κ2) is 10.8. The highest BCUT2D eigenvalue weighted by Gasteiger charge is 2.02. The van der Waals surface area contributed by atoms with Gasteiger partial charge in [0, 0.05) is 11.6 Å². The summed E-state index contributed by atoms with van der Waals surface area (Å²) in [5, 5.41) is 4.15. The second-order valence-corrected chi connectivity index (χ2v) is 5.68. The molecule has 0 aliphatic carbocycles. The summed E-state index contributed by atoms with van der Waals surface area (Å²) in [6.07, 6.45) is 10.7. The minimum atomic E-state index is 0.740. The third-order valence-corrected chi connectivity index (χ3v) is 3.74. The number of benzene rings is 1. The van der Waals surface area contributed by atoms with Crippen molar-refractivity contribution >= 4 is 17.3 Å². The monoisotopic (exact) mass is 297 g/mol. The number of ether oxygens (including phenoxy) is 1. The average molecular weight is 298 g/mol. The minimum Gasteiger partial charge on any atom is -0.495 e. The zero-order chi connectivity index (χ0) is 14.6. The van der Waals surface area contributed by atoms with Crippen LogP contribution in [0.4, 0.5) is 5.69 Å². The van der Waals surface area contributed by atoms with Crippen LogP contribution >= 0.6 is 11.6 Å². The average Bonchev–Trinajstić information content (AvgIpc) is 2.46. The highest BCUT2D eigenvalue weighted by Crippen LogP contribution is 2.27. The van der Waals surface area contributed by atoms with Crippen LogP contribution in [-0.2, 0) is 0 Å². The van der Waals surface area contributed by atoms with Crippen molar-refractivity contribution in [2.24, 2.45) is 0 Å². The molecule has 0 radical (unpaired) electrons. The molecular weight excluding hydrogens is 270 g/mol. The Hall–Kier alpha value is -0.890. The van der Waals surface area contributed by atoms with Crippen LogP contribution in [-0.4, -0.2) is 13.7 Å². The van der Waals surface area contributed by atoms with E-state index >= 15 is 0 Å². The Balaban J connectivity index is 2.10. The third kappa shape index (κ3) is 7.04. The SMILES string of the molecule is CCCCCCCCCCNc1cc(Cl)ccc1OC. The molecular formula is C17H28ClNO. The van der Waals surface area contributed by atoms with E-state index in [1.807, 2.05) is 18.2 Å². The first kappa shape index (κ1) is 17.2. The van der Waals surface area contributed by atoms with Crippen LogP contribution in [0.15, 0.2) is 18.2 Å². The Kier molecular flexibility index (Phi) is 9.31. The summed E-state index contributed by atoms with van der Waals surface area (Å²) in [4.78, 5) is 0. The van der Waals surface area contributed by atoms with E-state index < -0.39 is 0 Å². The predicted octanol–water partition coefficient (Wildman–Crippen LogP) is 5.90. The van der Waals surface area contributed by atoms with E-state index in [4.69, 9.17) is 16.3 Å². The smallest absolute Gasteiger partial charge is 0.142 e. The van der Waals surface area contributed by atoms with Crippen molar-refractivity contribution in [3.8, 4) is 5.75 Å². The topological polar surface area (TPSA) is 21.3 Å². The van der Waals surface area contributed by atoms with Gasteiger partial charge < -0.3 is 10.1 Å². The lowest BCUT2D eigenvalue weighted by Gasteiger charge is -2.11. The lowest BCUT2D eigenvalue weighted by Crippen LogP contribution is -2.03. The molecule has 0 aliphatic rings. The molecule has 1 N–H and O–H groups in total. The first-order valence-electron chi connectivity index (χ1n) is 7.85. The molecule has 0 amide bonds. The lowest BCUT2D eigenvalue weighted by atomic mass is 10.1. The van der Waals surface area contributed by atoms with Crippen molar-refractivity contribution < 1.29 is 4.74 Å². The number of rotatable bonds is 11. The van der Waals surface area contributed by atoms with E-state index in [0.29, 0.717) is 0 Å². The van der Waals surface area contributed by atoms with E-state index in [0.717, 1.165) is 23.0 Å². The summed E-state index contributed by atoms with van der Waals surface area (Å²) in [7, 11) is 1.69. The Morgan fingerprint density at radius 2 is 1.65 bits per heavy atom. The maximum absolute atomic E-state index is 6.00. The van der Waals surface area contributed by atoms with Crippen LogP contribution in [0.3, 0.4) is 0 Å². The number of nitrogens with one attached hydrogen (secondary N) is 1. The van der Waals surface area contributed by atoms with Crippen LogP contribution in [0, 0.1) is 0 Å². The molecule has 0 aliphatic heterocycles. The van der Waals surface area contributed by atoms with Gasteiger partial charge in [-0.15, -0.1) is 0 Å². The maximum Gasteiger partial charge on any atom is 0.142 e. The largest absolute Gasteiger partial charge is 0.495 e. The summed E-state index contributed by atoms with van der Waals surface area (Å²) in [6.45, 7) is 3.24. The fraction of sp³-hybridized carbons (Fsp3) is 0.647. The quantitative estimate of drug-likeness (QED) is 0.513. The van der Waals surface area contributed by atoms with Crippen LogP contribution in [0.1, 0.15) is 58.3 Å². The number of hydrogen-bond donors (Lipinski definition) is 1. The standard InChI is InChI=1S/C17H28ClNO/c1-3-4-5-6-7-8-9-10-13-19-16-14-15(18)11-12-17(16)20-2/h11-12,14,19H,3-10,13H2,1-2H3. The maximum atomic E-state index is 6.00. The summed E-state index contributed by atoms with van der Waals surface area (Å²) < 4.78 is 5.31. The molecule has 0 atom stereocenters. The van der Waals surface area contributed by atoms with Crippen molar-refractivity contribution in [2.75, 3.05) is 19.0 Å². The normalized spacial score (nSPS) is 10.6. The number of unbranched alkanes of at least 4 members (excludes halogenated alkanes) is 7. The molecule has 0 saturated carbocycles. The third-order valence-electron chi connectivity index (χ3n) is 3.51. The highest BCUT2D eigenvalue weighted by atomic mass is 35.5. The molecule has 0 spiro atoms. The fourth-order valence-corrected chi connectivity index (χ4v) is 2.47. The van der Waals surface area contributed by atoms with Gasteiger partial charge >= 0.3 is 0 Å². The van der Waals surface area contributed by atoms with Gasteiger partial charge in [-0.2, -0.15) is 0 Å². The van der Waals surface area contributed by atoms with Crippen molar-refractivity contribution in [2.45, 2.75) is 58.3 Å². The Morgan fingerprint density at radius 3 is 2.30 bits per heavy atom. The summed E-state index contributed by atoms with van der Waals surface area (Å²) in [6, 6.07) is 5.67. The minimum absolute atomic E-state index is 0.740. The number of halogens is 1. The number of anilines is 1. The van der Waals surface area contributed by atoms with Gasteiger partial charge in [0.2, 0.25) is 0 Å². The number of methoxy groups -OCH3 is 1. The van der Waals surface area contributed by atoms with E-state index in [9.17, 15) is 0 Å². The van der Waals surface area contributed by atoms with E-state index in [-0.39, 0.29) is 0 Å². The van der Waals surface area contributed by atoms with E-state index in [1.54, 1.807) is 7.11 Å². The molecule has 1 aromatic rings. The van der Waals surface area contributed by atoms with Gasteiger partial charge in [-0.05, 0) is 24.6 Å². The zero-order valence-corrected chi connectivity index (χ0v) is 13.6. The van der Waals surface area contributed by atoms with Gasteiger partial charge in [0.1, 0.15) is 5.75 Å². The first-order chi connectivity index (χ1) is 9.77. The Morgan fingerprint density at radius 1 is 1.00 bits per heavy atom. The van der Waals surface area contributed by atoms with Gasteiger partial charge in [-0.3, -0.25) is 0 Å². The zero-order valence-electron chi connectivity index (χ0n) is 12.9. The Bertz CT molecular complexity index is 368. The van der Waals surface area contributed by atoms with Crippen LogP contribution < -0.4 is 10.1 Å². The summed E-state index contributed by atoms with van der Waals surface area (Å²) in [5.41, 5.74) is 0.989. The fourth-order valence-electron chi connectivity index (χ4n) is 2.30. The van der Waals surface area contributed by atoms with Crippen molar-refractivity contribution in [3.05, 3.63) is 23.2 Å². The molecule has 1 rings (SSSR count). The van der Waals surface area contributed by atoms with Crippen LogP contribution in [0.2, 0.25) is 5.02 Å². The molecule has 0 aromatic heterocycles. The van der Waals surface area contributed by atoms with Gasteiger partial charge in [0.25, 0.3) is 0 Å². The molecule has 114 valence electrons. The second-order valence-electron chi connectivity index (χ2n) is 5.25. The van der Waals surface area contributed by atoms with Gasteiger partial charge in [-0.25, -0.2) is 0 Å². The summed E-state index contributed by atoms with van der Waals surface area (Å²) in [5.74, 6) is 0.856. The number of hydrogen-bond acceptors (Lipinski definition) is 2. The molecule has 0 heterocycles. The van der Waals surface area contributed by atoms with Crippen LogP contribution in [0.25, 0.3) is 0 Å². The predicted molar refractivity (Wildman–Crippen MR) is 89.1 cm³/mol. The lowest BCUT2D eigenvalue weighted by molar-refractivity contribution is 0.416. The molecule has 0 saturated heterocycles. The summed E-state index contributed by atoms with van der Waals surface area (Å²) >= 11 is 6.00. The Labute approximate surface area is 128 Å². The van der Waals surface area contributed by atoms with Gasteiger partial charge in [0.05, 0.1) is 12.8 Å². The first-order valence-corrected chi connectivity index (χ1v) is 8.23. The molecule has 1 aromatic carbocycles. The molecule has 20 heavy (non-hydrogen) atoms. The van der Waals surface area contributed by atoms with Gasteiger partial charge in [-0.1, -0.05) is 63.5 Å². The van der Waals surface area contributed by atoms with E-state index in [2.05, 4.69) is 12.2 Å². The molecule has 0 bridgehead atoms. The molecule has 0 unspecified atom stereocenters. The molecule has 2 nitrogen and oxygen atoms in total. The highest BCUT2D eigenvalue weighted by molar-refractivity contribution is 6.30. The van der Waals surface area contributed by atoms with E-state index in [1.165, 1.54) is 51.4 Å². The van der Waals surface area contributed by atoms with Crippen molar-refractivity contribution in [1.29, 1.82) is 0 Å². The van der Waals surface area contributed by atoms with Crippen molar-refractivity contribution in [1.82, 2.24) is 0 Å². The van der Waals surface area contributed by atoms with Crippen LogP contribution in [0.5, 0.6) is 5.75 Å².